The van der Waals surface area contributed by atoms with Crippen LogP contribution in [0.3, 0.4) is 0 Å². The van der Waals surface area contributed by atoms with E-state index in [1.165, 1.54) is 16.0 Å². The monoisotopic (exact) mass is 396 g/mol. The minimum atomic E-state index is 0.0275. The number of hydrogen-bond donors (Lipinski definition) is 2. The van der Waals surface area contributed by atoms with Crippen LogP contribution in [-0.4, -0.2) is 16.6 Å². The average Bonchev–Trinajstić information content (AvgIpc) is 3.06. The lowest BCUT2D eigenvalue weighted by atomic mass is 9.89. The Bertz CT molecular complexity index is 1090. The predicted molar refractivity (Wildman–Crippen MR) is 111 cm³/mol. The molecule has 0 saturated carbocycles. The van der Waals surface area contributed by atoms with Crippen LogP contribution in [0.4, 0.5) is 0 Å². The largest absolute Gasteiger partial charge is 0.493 e. The molecule has 0 radical (unpaired) electrons. The van der Waals surface area contributed by atoms with Gasteiger partial charge >= 0.3 is 0 Å². The van der Waals surface area contributed by atoms with E-state index in [0.29, 0.717) is 12.0 Å². The molecular formula is C22H26N3O2S+. The van der Waals surface area contributed by atoms with E-state index in [1.807, 2.05) is 12.1 Å². The number of hydrogen-bond acceptors (Lipinski definition) is 4. The molecule has 1 aromatic carbocycles. The van der Waals surface area contributed by atoms with Crippen molar-refractivity contribution < 1.29 is 10.1 Å². The van der Waals surface area contributed by atoms with Gasteiger partial charge in [0.15, 0.2) is 5.82 Å². The van der Waals surface area contributed by atoms with Gasteiger partial charge in [-0.1, -0.05) is 19.1 Å². The molecule has 1 aliphatic carbocycles. The molecule has 0 amide bonds. The van der Waals surface area contributed by atoms with Crippen molar-refractivity contribution in [3.63, 3.8) is 0 Å². The van der Waals surface area contributed by atoms with Crippen molar-refractivity contribution in [1.82, 2.24) is 9.97 Å². The zero-order valence-corrected chi connectivity index (χ0v) is 17.1. The van der Waals surface area contributed by atoms with Gasteiger partial charge in [0.25, 0.3) is 5.56 Å². The second-order valence-electron chi connectivity index (χ2n) is 8.25. The lowest BCUT2D eigenvalue weighted by Crippen LogP contribution is -2.86. The van der Waals surface area contributed by atoms with Crippen LogP contribution in [-0.2, 0) is 12.8 Å². The van der Waals surface area contributed by atoms with Gasteiger partial charge in [-0.25, -0.2) is 4.98 Å². The molecular weight excluding hydrogens is 370 g/mol. The van der Waals surface area contributed by atoms with Gasteiger partial charge < -0.3 is 15.0 Å². The third-order valence-corrected chi connectivity index (χ3v) is 7.29. The molecule has 3 atom stereocenters. The maximum atomic E-state index is 12.9. The fourth-order valence-corrected chi connectivity index (χ4v) is 5.98. The quantitative estimate of drug-likeness (QED) is 0.714. The second-order valence-corrected chi connectivity index (χ2v) is 9.33. The summed E-state index contributed by atoms with van der Waals surface area (Å²) in [6.07, 6.45) is 4.19. The topological polar surface area (TPSA) is 71.6 Å². The summed E-state index contributed by atoms with van der Waals surface area (Å²) in [6, 6.07) is 8.63. The van der Waals surface area contributed by atoms with E-state index < -0.39 is 0 Å². The first-order valence-corrected chi connectivity index (χ1v) is 11.0. The Balaban J connectivity index is 1.46. The number of aryl methyl sites for hydroxylation is 1. The molecule has 0 saturated heterocycles. The highest BCUT2D eigenvalue weighted by molar-refractivity contribution is 7.18. The van der Waals surface area contributed by atoms with Crippen LogP contribution in [0.25, 0.3) is 10.2 Å². The molecule has 2 aromatic heterocycles. The number of thiophene rings is 1. The molecule has 6 heteroatoms. The van der Waals surface area contributed by atoms with Gasteiger partial charge in [0, 0.05) is 11.3 Å². The molecule has 5 nitrogen and oxygen atoms in total. The third kappa shape index (κ3) is 3.05. The fourth-order valence-electron chi connectivity index (χ4n) is 4.59. The first kappa shape index (κ1) is 17.9. The number of benzene rings is 1. The zero-order chi connectivity index (χ0) is 19.3. The van der Waals surface area contributed by atoms with Crippen LogP contribution in [0, 0.1) is 5.92 Å². The normalized spacial score (nSPS) is 22.4. The summed E-state index contributed by atoms with van der Waals surface area (Å²) >= 11 is 1.72. The second kappa shape index (κ2) is 7.01. The van der Waals surface area contributed by atoms with Gasteiger partial charge in [0.2, 0.25) is 0 Å². The molecule has 0 bridgehead atoms. The number of aromatic nitrogens is 2. The first-order chi connectivity index (χ1) is 13.6. The molecule has 0 unspecified atom stereocenters. The average molecular weight is 397 g/mol. The summed E-state index contributed by atoms with van der Waals surface area (Å²) in [7, 11) is 0. The standard InChI is InChI=1S/C22H25N3O2S/c1-12-7-8-15-18(11-12)28-22-19(15)21(26)24-20(25-22)13(2)23-16-9-10-27-17-6-4-3-5-14(16)17/h3-6,12-13,16,23H,7-11H2,1-2H3,(H,24,25,26)/p+1/t12-,13+,16-/m1/s1. The molecule has 2 aliphatic rings. The highest BCUT2D eigenvalue weighted by Crippen LogP contribution is 2.36. The van der Waals surface area contributed by atoms with E-state index in [-0.39, 0.29) is 11.6 Å². The van der Waals surface area contributed by atoms with Crippen molar-refractivity contribution in [3.8, 4) is 5.75 Å². The van der Waals surface area contributed by atoms with E-state index in [0.717, 1.165) is 54.1 Å². The highest BCUT2D eigenvalue weighted by Gasteiger charge is 2.28. The van der Waals surface area contributed by atoms with Crippen molar-refractivity contribution in [1.29, 1.82) is 0 Å². The van der Waals surface area contributed by atoms with Gasteiger partial charge in [-0.05, 0) is 49.8 Å². The van der Waals surface area contributed by atoms with E-state index in [9.17, 15) is 4.79 Å². The molecule has 3 heterocycles. The van der Waals surface area contributed by atoms with Crippen LogP contribution in [0.15, 0.2) is 29.1 Å². The Morgan fingerprint density at radius 1 is 1.32 bits per heavy atom. The van der Waals surface area contributed by atoms with Crippen molar-refractivity contribution in [3.05, 3.63) is 56.4 Å². The number of H-pyrrole nitrogens is 1. The molecule has 28 heavy (non-hydrogen) atoms. The van der Waals surface area contributed by atoms with Crippen LogP contribution < -0.4 is 15.6 Å². The van der Waals surface area contributed by atoms with Crippen LogP contribution in [0.5, 0.6) is 5.75 Å². The predicted octanol–water partition coefficient (Wildman–Crippen LogP) is 3.26. The smallest absolute Gasteiger partial charge is 0.260 e. The van der Waals surface area contributed by atoms with Crippen molar-refractivity contribution in [2.24, 2.45) is 5.92 Å². The lowest BCUT2D eigenvalue weighted by Gasteiger charge is -2.26. The van der Waals surface area contributed by atoms with Gasteiger partial charge in [-0.2, -0.15) is 0 Å². The maximum Gasteiger partial charge on any atom is 0.260 e. The lowest BCUT2D eigenvalue weighted by molar-refractivity contribution is -0.734. The number of fused-ring (bicyclic) bond motifs is 4. The number of para-hydroxylation sites is 1. The van der Waals surface area contributed by atoms with E-state index in [2.05, 4.69) is 36.3 Å². The van der Waals surface area contributed by atoms with E-state index in [4.69, 9.17) is 9.72 Å². The number of quaternary nitrogens is 1. The van der Waals surface area contributed by atoms with Crippen molar-refractivity contribution in [2.75, 3.05) is 6.61 Å². The number of rotatable bonds is 3. The van der Waals surface area contributed by atoms with Crippen LogP contribution in [0.1, 0.15) is 60.6 Å². The van der Waals surface area contributed by atoms with Crippen molar-refractivity contribution in [2.45, 2.75) is 51.6 Å². The Labute approximate surface area is 168 Å². The highest BCUT2D eigenvalue weighted by atomic mass is 32.1. The van der Waals surface area contributed by atoms with Gasteiger partial charge in [0.1, 0.15) is 22.7 Å². The number of nitrogens with two attached hydrogens (primary N) is 1. The number of nitrogens with one attached hydrogen (secondary N) is 1. The minimum Gasteiger partial charge on any atom is -0.493 e. The number of aromatic amines is 1. The van der Waals surface area contributed by atoms with E-state index >= 15 is 0 Å². The van der Waals surface area contributed by atoms with Crippen LogP contribution in [0.2, 0.25) is 0 Å². The first-order valence-electron chi connectivity index (χ1n) is 10.2. The molecule has 5 rings (SSSR count). The minimum absolute atomic E-state index is 0.0275. The van der Waals surface area contributed by atoms with Gasteiger partial charge in [-0.15, -0.1) is 11.3 Å². The van der Waals surface area contributed by atoms with Gasteiger partial charge in [-0.3, -0.25) is 4.79 Å². The molecule has 0 fully saturated rings. The molecule has 146 valence electrons. The Hall–Kier alpha value is -2.18. The number of nitrogens with zero attached hydrogens (tertiary/aromatic N) is 1. The summed E-state index contributed by atoms with van der Waals surface area (Å²) < 4.78 is 5.78. The fraction of sp³-hybridized carbons (Fsp3) is 0.455. The summed E-state index contributed by atoms with van der Waals surface area (Å²) in [5, 5.41) is 3.14. The summed E-state index contributed by atoms with van der Waals surface area (Å²) in [4.78, 5) is 23.1. The molecule has 3 N–H and O–H groups in total. The number of ether oxygens (including phenoxy) is 1. The van der Waals surface area contributed by atoms with E-state index in [1.54, 1.807) is 11.3 Å². The summed E-state index contributed by atoms with van der Waals surface area (Å²) in [5.74, 6) is 2.44. The third-order valence-electron chi connectivity index (χ3n) is 6.14. The molecule has 0 spiro atoms. The molecule has 3 aromatic rings. The Kier molecular flexibility index (Phi) is 4.48. The van der Waals surface area contributed by atoms with Crippen molar-refractivity contribution >= 4 is 21.6 Å². The van der Waals surface area contributed by atoms with Gasteiger partial charge in [0.05, 0.1) is 17.6 Å². The Morgan fingerprint density at radius 2 is 2.18 bits per heavy atom. The SMILES string of the molecule is C[C@@H]1CCc2c(sc3nc([C@H](C)[NH2+][C@@H]4CCOc5ccccc54)[nH]c(=O)c23)C1. The molecule has 1 aliphatic heterocycles. The summed E-state index contributed by atoms with van der Waals surface area (Å²) in [6.45, 7) is 5.14. The Morgan fingerprint density at radius 3 is 3.07 bits per heavy atom. The van der Waals surface area contributed by atoms with Crippen LogP contribution >= 0.6 is 11.3 Å². The zero-order valence-electron chi connectivity index (χ0n) is 16.3. The summed E-state index contributed by atoms with van der Waals surface area (Å²) in [5.41, 5.74) is 2.50. The maximum absolute atomic E-state index is 12.9.